The van der Waals surface area contributed by atoms with Gasteiger partial charge in [-0.05, 0) is 44.2 Å². The number of amides is 1. The van der Waals surface area contributed by atoms with E-state index in [-0.39, 0.29) is 27.4 Å². The number of imidazole rings is 1. The van der Waals surface area contributed by atoms with E-state index in [4.69, 9.17) is 11.6 Å². The van der Waals surface area contributed by atoms with Crippen molar-refractivity contribution in [2.24, 2.45) is 0 Å². The molecular formula is C20H22ClN3O3S. The molecule has 1 N–H and O–H groups in total. The molecule has 0 radical (unpaired) electrons. The van der Waals surface area contributed by atoms with Crippen LogP contribution in [-0.2, 0) is 16.3 Å². The van der Waals surface area contributed by atoms with Crippen LogP contribution in [0.5, 0.6) is 0 Å². The Morgan fingerprint density at radius 3 is 2.61 bits per heavy atom. The summed E-state index contributed by atoms with van der Waals surface area (Å²) in [7, 11) is -3.51. The minimum atomic E-state index is -3.51. The number of nitrogens with zero attached hydrogens (tertiary/aromatic N) is 2. The third-order valence-corrected chi connectivity index (χ3v) is 5.99. The van der Waals surface area contributed by atoms with E-state index in [0.29, 0.717) is 13.0 Å². The molecule has 148 valence electrons. The molecule has 1 aromatic heterocycles. The number of sulfone groups is 1. The monoisotopic (exact) mass is 419 g/mol. The van der Waals surface area contributed by atoms with E-state index in [1.807, 2.05) is 24.3 Å². The van der Waals surface area contributed by atoms with E-state index >= 15 is 0 Å². The van der Waals surface area contributed by atoms with Crippen molar-refractivity contribution in [3.63, 3.8) is 0 Å². The lowest BCUT2D eigenvalue weighted by molar-refractivity contribution is 0.0953. The smallest absolute Gasteiger partial charge is 0.251 e. The summed E-state index contributed by atoms with van der Waals surface area (Å²) in [6.07, 6.45) is 1.62. The summed E-state index contributed by atoms with van der Waals surface area (Å²) in [5.41, 5.74) is 2.24. The molecule has 0 atom stereocenters. The first-order chi connectivity index (χ1) is 13.2. The van der Waals surface area contributed by atoms with Gasteiger partial charge in [-0.2, -0.15) is 0 Å². The highest BCUT2D eigenvalue weighted by molar-refractivity contribution is 7.90. The van der Waals surface area contributed by atoms with Crippen molar-refractivity contribution in [3.8, 4) is 0 Å². The van der Waals surface area contributed by atoms with Crippen LogP contribution < -0.4 is 5.32 Å². The van der Waals surface area contributed by atoms with Crippen LogP contribution in [-0.4, -0.2) is 36.7 Å². The Balaban J connectivity index is 1.75. The topological polar surface area (TPSA) is 81.1 Å². The number of halogens is 1. The SMILES string of the molecule is CC(C)n1c(CCNC(=O)c2ccc(Cl)c(S(C)(=O)=O)c2)nc2ccccc21. The van der Waals surface area contributed by atoms with Crippen LogP contribution in [0.4, 0.5) is 0 Å². The van der Waals surface area contributed by atoms with Crippen LogP contribution in [0.1, 0.15) is 36.1 Å². The first-order valence-electron chi connectivity index (χ1n) is 8.92. The van der Waals surface area contributed by atoms with Crippen molar-refractivity contribution in [2.45, 2.75) is 31.2 Å². The van der Waals surface area contributed by atoms with Crippen molar-refractivity contribution in [1.82, 2.24) is 14.9 Å². The van der Waals surface area contributed by atoms with E-state index in [2.05, 4.69) is 28.7 Å². The zero-order chi connectivity index (χ0) is 20.5. The van der Waals surface area contributed by atoms with Crippen LogP contribution in [0.3, 0.4) is 0 Å². The number of carbonyl (C=O) groups is 1. The maximum Gasteiger partial charge on any atom is 0.251 e. The van der Waals surface area contributed by atoms with Crippen molar-refractivity contribution >= 4 is 38.4 Å². The average Bonchev–Trinajstić information content (AvgIpc) is 2.99. The molecular weight excluding hydrogens is 398 g/mol. The van der Waals surface area contributed by atoms with Gasteiger partial charge < -0.3 is 9.88 Å². The van der Waals surface area contributed by atoms with Crippen LogP contribution >= 0.6 is 11.6 Å². The first-order valence-corrected chi connectivity index (χ1v) is 11.2. The zero-order valence-electron chi connectivity index (χ0n) is 15.9. The molecule has 3 rings (SSSR count). The van der Waals surface area contributed by atoms with Gasteiger partial charge in [0.05, 0.1) is 21.0 Å². The first kappa shape index (κ1) is 20.4. The lowest BCUT2D eigenvalue weighted by Gasteiger charge is -2.13. The molecule has 0 spiro atoms. The van der Waals surface area contributed by atoms with Crippen LogP contribution in [0.25, 0.3) is 11.0 Å². The van der Waals surface area contributed by atoms with E-state index in [0.717, 1.165) is 23.1 Å². The largest absolute Gasteiger partial charge is 0.352 e. The van der Waals surface area contributed by atoms with Crippen LogP contribution in [0, 0.1) is 0 Å². The van der Waals surface area contributed by atoms with Gasteiger partial charge in [0, 0.05) is 30.8 Å². The summed E-state index contributed by atoms with van der Waals surface area (Å²) in [4.78, 5) is 17.1. The van der Waals surface area contributed by atoms with Crippen molar-refractivity contribution in [3.05, 3.63) is 58.9 Å². The Morgan fingerprint density at radius 1 is 1.21 bits per heavy atom. The van der Waals surface area contributed by atoms with Gasteiger partial charge in [-0.1, -0.05) is 23.7 Å². The normalized spacial score (nSPS) is 11.9. The molecule has 1 amide bonds. The second-order valence-electron chi connectivity index (χ2n) is 6.90. The Kier molecular flexibility index (Phi) is 5.76. The van der Waals surface area contributed by atoms with Gasteiger partial charge >= 0.3 is 0 Å². The number of fused-ring (bicyclic) bond motifs is 1. The molecule has 3 aromatic rings. The number of benzene rings is 2. The number of hydrogen-bond acceptors (Lipinski definition) is 4. The highest BCUT2D eigenvalue weighted by Gasteiger charge is 2.17. The highest BCUT2D eigenvalue weighted by atomic mass is 35.5. The van der Waals surface area contributed by atoms with Gasteiger partial charge in [-0.25, -0.2) is 13.4 Å². The van der Waals surface area contributed by atoms with Gasteiger partial charge in [-0.15, -0.1) is 0 Å². The summed E-state index contributed by atoms with van der Waals surface area (Å²) in [6, 6.07) is 12.4. The number of rotatable bonds is 6. The average molecular weight is 420 g/mol. The number of carbonyl (C=O) groups excluding carboxylic acids is 1. The van der Waals surface area contributed by atoms with E-state index in [9.17, 15) is 13.2 Å². The molecule has 0 fully saturated rings. The number of nitrogens with one attached hydrogen (secondary N) is 1. The number of hydrogen-bond donors (Lipinski definition) is 1. The zero-order valence-corrected chi connectivity index (χ0v) is 17.5. The number of aromatic nitrogens is 2. The van der Waals surface area contributed by atoms with E-state index in [1.165, 1.54) is 18.2 Å². The van der Waals surface area contributed by atoms with Gasteiger partial charge in [0.25, 0.3) is 5.91 Å². The fourth-order valence-electron chi connectivity index (χ4n) is 3.17. The van der Waals surface area contributed by atoms with Crippen LogP contribution in [0.15, 0.2) is 47.4 Å². The molecule has 2 aromatic carbocycles. The van der Waals surface area contributed by atoms with Gasteiger partial charge in [0.15, 0.2) is 9.84 Å². The molecule has 0 saturated carbocycles. The Bertz CT molecular complexity index is 1140. The quantitative estimate of drug-likeness (QED) is 0.661. The summed E-state index contributed by atoms with van der Waals surface area (Å²) in [5.74, 6) is 0.540. The molecule has 1 heterocycles. The molecule has 6 nitrogen and oxygen atoms in total. The minimum Gasteiger partial charge on any atom is -0.352 e. The van der Waals surface area contributed by atoms with Crippen molar-refractivity contribution in [2.75, 3.05) is 12.8 Å². The summed E-state index contributed by atoms with van der Waals surface area (Å²) >= 11 is 5.93. The van der Waals surface area contributed by atoms with Gasteiger partial charge in [0.2, 0.25) is 0 Å². The molecule has 8 heteroatoms. The second kappa shape index (κ2) is 7.93. The molecule has 0 saturated heterocycles. The maximum atomic E-state index is 12.4. The molecule has 0 aliphatic heterocycles. The molecule has 0 aliphatic carbocycles. The van der Waals surface area contributed by atoms with Gasteiger partial charge in [-0.3, -0.25) is 4.79 Å². The Hall–Kier alpha value is -2.38. The lowest BCUT2D eigenvalue weighted by atomic mass is 10.2. The molecule has 28 heavy (non-hydrogen) atoms. The van der Waals surface area contributed by atoms with Crippen molar-refractivity contribution < 1.29 is 13.2 Å². The predicted molar refractivity (Wildman–Crippen MR) is 111 cm³/mol. The predicted octanol–water partition coefficient (Wildman–Crippen LogP) is 3.65. The van der Waals surface area contributed by atoms with E-state index < -0.39 is 9.84 Å². The molecule has 0 bridgehead atoms. The molecule has 0 aliphatic rings. The lowest BCUT2D eigenvalue weighted by Crippen LogP contribution is -2.26. The third-order valence-electron chi connectivity index (χ3n) is 4.41. The number of para-hydroxylation sites is 2. The van der Waals surface area contributed by atoms with Gasteiger partial charge in [0.1, 0.15) is 5.82 Å². The summed E-state index contributed by atoms with van der Waals surface area (Å²) < 4.78 is 25.7. The summed E-state index contributed by atoms with van der Waals surface area (Å²) in [5, 5.41) is 2.93. The Labute approximate surface area is 169 Å². The Morgan fingerprint density at radius 2 is 1.93 bits per heavy atom. The summed E-state index contributed by atoms with van der Waals surface area (Å²) in [6.45, 7) is 4.57. The standard InChI is InChI=1S/C20H22ClN3O3S/c1-13(2)24-17-7-5-4-6-16(17)23-19(24)10-11-22-20(25)14-8-9-15(21)18(12-14)28(3,26)27/h4-9,12-13H,10-11H2,1-3H3,(H,22,25). The molecule has 0 unspecified atom stereocenters. The third kappa shape index (κ3) is 4.20. The second-order valence-corrected chi connectivity index (χ2v) is 9.30. The fraction of sp³-hybridized carbons (Fsp3) is 0.300. The minimum absolute atomic E-state index is 0.0524. The van der Waals surface area contributed by atoms with Crippen LogP contribution in [0.2, 0.25) is 5.02 Å². The van der Waals surface area contributed by atoms with Crippen molar-refractivity contribution in [1.29, 1.82) is 0 Å². The highest BCUT2D eigenvalue weighted by Crippen LogP contribution is 2.23. The van der Waals surface area contributed by atoms with E-state index in [1.54, 1.807) is 0 Å². The fourth-order valence-corrected chi connectivity index (χ4v) is 4.47. The maximum absolute atomic E-state index is 12.4.